The third-order valence-electron chi connectivity index (χ3n) is 3.99. The van der Waals surface area contributed by atoms with Crippen molar-refractivity contribution in [1.82, 2.24) is 10.2 Å². The van der Waals surface area contributed by atoms with Gasteiger partial charge in [-0.05, 0) is 31.0 Å². The van der Waals surface area contributed by atoms with Gasteiger partial charge >= 0.3 is 5.97 Å². The van der Waals surface area contributed by atoms with Gasteiger partial charge in [-0.15, -0.1) is 0 Å². The van der Waals surface area contributed by atoms with Gasteiger partial charge in [0.2, 0.25) is 0 Å². The fraction of sp³-hybridized carbons (Fsp3) is 0.353. The highest BCUT2D eigenvalue weighted by molar-refractivity contribution is 6.05. The van der Waals surface area contributed by atoms with Crippen molar-refractivity contribution < 1.29 is 19.1 Å². The van der Waals surface area contributed by atoms with Crippen LogP contribution < -0.4 is 5.32 Å². The van der Waals surface area contributed by atoms with Gasteiger partial charge in [-0.1, -0.05) is 6.07 Å². The molecule has 2 aromatic rings. The van der Waals surface area contributed by atoms with Gasteiger partial charge in [0.25, 0.3) is 5.91 Å². The van der Waals surface area contributed by atoms with Crippen molar-refractivity contribution in [3.05, 3.63) is 47.2 Å². The Balaban J connectivity index is 1.68. The van der Waals surface area contributed by atoms with Crippen molar-refractivity contribution in [2.24, 2.45) is 0 Å². The van der Waals surface area contributed by atoms with Crippen LogP contribution in [0.2, 0.25) is 0 Å². The number of hydrogen-bond acceptors (Lipinski definition) is 5. The van der Waals surface area contributed by atoms with E-state index < -0.39 is 5.97 Å². The van der Waals surface area contributed by atoms with Crippen LogP contribution in [0.3, 0.4) is 0 Å². The van der Waals surface area contributed by atoms with Crippen LogP contribution in [0.4, 0.5) is 5.82 Å². The number of nitrogens with one attached hydrogen (secondary N) is 2. The number of methoxy groups -OCH3 is 1. The van der Waals surface area contributed by atoms with Crippen molar-refractivity contribution in [1.29, 1.82) is 0 Å². The Morgan fingerprint density at radius 3 is 2.92 bits per heavy atom. The minimum atomic E-state index is -0.482. The Labute approximate surface area is 139 Å². The number of rotatable bonds is 4. The number of amides is 1. The number of nitrogens with zero attached hydrogens (tertiary/aromatic N) is 1. The summed E-state index contributed by atoms with van der Waals surface area (Å²) >= 11 is 0. The smallest absolute Gasteiger partial charge is 0.337 e. The molecule has 1 atom stereocenters. The number of aromatic nitrogens is 2. The van der Waals surface area contributed by atoms with Crippen molar-refractivity contribution in [2.45, 2.75) is 18.8 Å². The zero-order chi connectivity index (χ0) is 16.9. The number of carbonyl (C=O) groups excluding carboxylic acids is 2. The Morgan fingerprint density at radius 2 is 2.17 bits per heavy atom. The third-order valence-corrected chi connectivity index (χ3v) is 3.99. The van der Waals surface area contributed by atoms with Crippen LogP contribution in [0.1, 0.15) is 45.2 Å². The van der Waals surface area contributed by atoms with Crippen LogP contribution in [0.5, 0.6) is 0 Å². The zero-order valence-electron chi connectivity index (χ0n) is 13.4. The molecule has 1 fully saturated rings. The van der Waals surface area contributed by atoms with Crippen LogP contribution in [0.15, 0.2) is 30.3 Å². The average Bonchev–Trinajstić information content (AvgIpc) is 3.10. The molecule has 1 aromatic heterocycles. The number of esters is 1. The van der Waals surface area contributed by atoms with Crippen LogP contribution >= 0.6 is 0 Å². The number of benzene rings is 1. The molecule has 2 heterocycles. The molecule has 2 N–H and O–H groups in total. The van der Waals surface area contributed by atoms with E-state index in [4.69, 9.17) is 4.74 Å². The highest BCUT2D eigenvalue weighted by Crippen LogP contribution is 2.25. The quantitative estimate of drug-likeness (QED) is 0.840. The lowest BCUT2D eigenvalue weighted by Crippen LogP contribution is -2.15. The maximum atomic E-state index is 12.3. The molecule has 3 rings (SSSR count). The molecular formula is C17H19N3O4. The number of H-pyrrole nitrogens is 1. The Kier molecular flexibility index (Phi) is 4.90. The van der Waals surface area contributed by atoms with Gasteiger partial charge in [0.05, 0.1) is 19.3 Å². The summed E-state index contributed by atoms with van der Waals surface area (Å²) in [7, 11) is 1.30. The molecule has 7 heteroatoms. The second-order valence-corrected chi connectivity index (χ2v) is 5.65. The van der Waals surface area contributed by atoms with E-state index in [2.05, 4.69) is 20.3 Å². The lowest BCUT2D eigenvalue weighted by molar-refractivity contribution is 0.0600. The zero-order valence-corrected chi connectivity index (χ0v) is 13.4. The third kappa shape index (κ3) is 3.62. The summed E-state index contributed by atoms with van der Waals surface area (Å²) in [6.45, 7) is 1.46. The van der Waals surface area contributed by atoms with Gasteiger partial charge < -0.3 is 14.8 Å². The molecule has 1 aliphatic heterocycles. The molecule has 0 saturated carbocycles. The second-order valence-electron chi connectivity index (χ2n) is 5.65. The number of ether oxygens (including phenoxy) is 2. The van der Waals surface area contributed by atoms with Gasteiger partial charge in [-0.25, -0.2) is 4.79 Å². The molecule has 0 aliphatic carbocycles. The van der Waals surface area contributed by atoms with Crippen LogP contribution in [0.25, 0.3) is 0 Å². The van der Waals surface area contributed by atoms with E-state index in [9.17, 15) is 9.59 Å². The fourth-order valence-electron chi connectivity index (χ4n) is 2.69. The van der Waals surface area contributed by atoms with E-state index in [1.807, 2.05) is 6.07 Å². The average molecular weight is 329 g/mol. The van der Waals surface area contributed by atoms with E-state index in [0.29, 0.717) is 23.6 Å². The van der Waals surface area contributed by atoms with Gasteiger partial charge in [0.15, 0.2) is 5.82 Å². The van der Waals surface area contributed by atoms with Crippen molar-refractivity contribution in [2.75, 3.05) is 25.6 Å². The van der Waals surface area contributed by atoms with E-state index in [1.54, 1.807) is 18.2 Å². The minimum absolute atomic E-state index is 0.277. The highest BCUT2D eigenvalue weighted by Gasteiger charge is 2.19. The van der Waals surface area contributed by atoms with E-state index in [-0.39, 0.29) is 11.8 Å². The van der Waals surface area contributed by atoms with Crippen LogP contribution in [-0.4, -0.2) is 42.4 Å². The van der Waals surface area contributed by atoms with Crippen LogP contribution in [0, 0.1) is 0 Å². The molecule has 1 aromatic carbocycles. The molecule has 0 spiro atoms. The summed E-state index contributed by atoms with van der Waals surface area (Å²) < 4.78 is 10.1. The molecule has 1 amide bonds. The predicted octanol–water partition coefficient (Wildman–Crippen LogP) is 2.34. The maximum absolute atomic E-state index is 12.3. The molecule has 126 valence electrons. The molecule has 1 saturated heterocycles. The molecule has 0 unspecified atom stereocenters. The predicted molar refractivity (Wildman–Crippen MR) is 87.1 cm³/mol. The molecule has 0 radical (unpaired) electrons. The second kappa shape index (κ2) is 7.27. The summed E-state index contributed by atoms with van der Waals surface area (Å²) in [5.74, 6) is -0.0914. The molecule has 7 nitrogen and oxygen atoms in total. The minimum Gasteiger partial charge on any atom is -0.465 e. The Hall–Kier alpha value is -2.67. The Bertz CT molecular complexity index is 735. The van der Waals surface area contributed by atoms with Gasteiger partial charge in [-0.2, -0.15) is 5.10 Å². The summed E-state index contributed by atoms with van der Waals surface area (Å²) in [6, 6.07) is 8.17. The van der Waals surface area contributed by atoms with Crippen molar-refractivity contribution in [3.63, 3.8) is 0 Å². The summed E-state index contributed by atoms with van der Waals surface area (Å²) in [4.78, 5) is 23.9. The summed E-state index contributed by atoms with van der Waals surface area (Å²) in [5, 5.41) is 9.81. The molecular weight excluding hydrogens is 310 g/mol. The first kappa shape index (κ1) is 16.2. The molecule has 24 heavy (non-hydrogen) atoms. The standard InChI is InChI=1S/C17H19N3O4/c1-23-17(22)12-5-2-4-11(8-12)16(21)18-15-9-14(19-20-15)13-6-3-7-24-10-13/h2,4-5,8-9,13H,3,6-7,10H2,1H3,(H2,18,19,20,21)/t13-/m1/s1. The highest BCUT2D eigenvalue weighted by atomic mass is 16.5. The summed E-state index contributed by atoms with van der Waals surface area (Å²) in [6.07, 6.45) is 2.06. The lowest BCUT2D eigenvalue weighted by atomic mass is 9.99. The monoisotopic (exact) mass is 329 g/mol. The number of carbonyl (C=O) groups is 2. The number of anilines is 1. The normalized spacial score (nSPS) is 17.3. The van der Waals surface area contributed by atoms with Crippen molar-refractivity contribution >= 4 is 17.7 Å². The van der Waals surface area contributed by atoms with E-state index >= 15 is 0 Å². The number of aromatic amines is 1. The van der Waals surface area contributed by atoms with Crippen molar-refractivity contribution in [3.8, 4) is 0 Å². The molecule has 1 aliphatic rings. The largest absolute Gasteiger partial charge is 0.465 e. The van der Waals surface area contributed by atoms with E-state index in [0.717, 1.165) is 25.1 Å². The maximum Gasteiger partial charge on any atom is 0.337 e. The first-order valence-electron chi connectivity index (χ1n) is 7.80. The van der Waals surface area contributed by atoms with Gasteiger partial charge in [-0.3, -0.25) is 9.89 Å². The Morgan fingerprint density at radius 1 is 1.33 bits per heavy atom. The van der Waals surface area contributed by atoms with E-state index in [1.165, 1.54) is 13.2 Å². The first-order chi connectivity index (χ1) is 11.7. The van der Waals surface area contributed by atoms with Gasteiger partial charge in [0.1, 0.15) is 0 Å². The SMILES string of the molecule is COC(=O)c1cccc(C(=O)Nc2cc([C@@H]3CCCOC3)[nH]n2)c1. The topological polar surface area (TPSA) is 93.3 Å². The summed E-state index contributed by atoms with van der Waals surface area (Å²) in [5.41, 5.74) is 1.64. The van der Waals surface area contributed by atoms with Gasteiger partial charge in [0, 0.05) is 29.8 Å². The first-order valence-corrected chi connectivity index (χ1v) is 7.80. The van der Waals surface area contributed by atoms with Crippen LogP contribution in [-0.2, 0) is 9.47 Å². The molecule has 0 bridgehead atoms. The number of hydrogen-bond donors (Lipinski definition) is 2. The fourth-order valence-corrected chi connectivity index (χ4v) is 2.69. The lowest BCUT2D eigenvalue weighted by Gasteiger charge is -2.20.